The fourth-order valence-electron chi connectivity index (χ4n) is 2.17. The van der Waals surface area contributed by atoms with E-state index in [2.05, 4.69) is 21.3 Å². The first-order valence-electron chi connectivity index (χ1n) is 9.06. The van der Waals surface area contributed by atoms with Crippen LogP contribution in [-0.4, -0.2) is 72.7 Å². The van der Waals surface area contributed by atoms with Gasteiger partial charge in [0.1, 0.15) is 0 Å². The standard InChI is InChI=1S/C5H11NO.C4H9NO.C4H9N.C3H7NO/c1-2-4-7-5-6-3-1;1-2-5-4-6-3-1;1-2-4-5-3-1;1-2-5-3-4-1/h6H,1-5H2;5H,1-4H2;5H,1-4H2;4H,1-3H2. The Balaban J connectivity index is 0.000000155. The molecule has 0 radical (unpaired) electrons. The van der Waals surface area contributed by atoms with Gasteiger partial charge in [-0.05, 0) is 58.3 Å². The molecule has 4 N–H and O–H groups in total. The van der Waals surface area contributed by atoms with E-state index in [0.29, 0.717) is 0 Å². The van der Waals surface area contributed by atoms with Gasteiger partial charge >= 0.3 is 0 Å². The quantitative estimate of drug-likeness (QED) is 0.506. The number of rotatable bonds is 0. The van der Waals surface area contributed by atoms with Crippen LogP contribution in [0.5, 0.6) is 0 Å². The van der Waals surface area contributed by atoms with E-state index >= 15 is 0 Å². The number of hydrogen-bond acceptors (Lipinski definition) is 7. The maximum absolute atomic E-state index is 5.08. The van der Waals surface area contributed by atoms with Crippen LogP contribution in [0.4, 0.5) is 0 Å². The third kappa shape index (κ3) is 16.4. The zero-order chi connectivity index (χ0) is 16.3. The van der Waals surface area contributed by atoms with Gasteiger partial charge in [0.25, 0.3) is 0 Å². The van der Waals surface area contributed by atoms with Gasteiger partial charge in [-0.15, -0.1) is 0 Å². The molecule has 4 fully saturated rings. The van der Waals surface area contributed by atoms with Gasteiger partial charge in [0.2, 0.25) is 0 Å². The Morgan fingerprint density at radius 3 is 1.30 bits per heavy atom. The first kappa shape index (κ1) is 20.8. The lowest BCUT2D eigenvalue weighted by Gasteiger charge is -2.10. The van der Waals surface area contributed by atoms with Crippen molar-refractivity contribution < 1.29 is 14.2 Å². The minimum absolute atomic E-state index is 0.750. The van der Waals surface area contributed by atoms with Crippen molar-refractivity contribution in [3.63, 3.8) is 0 Å². The average Bonchev–Trinajstić information content (AvgIpc) is 3.33. The zero-order valence-electron chi connectivity index (χ0n) is 14.5. The molecule has 0 aromatic heterocycles. The van der Waals surface area contributed by atoms with Crippen molar-refractivity contribution in [3.05, 3.63) is 0 Å². The van der Waals surface area contributed by atoms with Gasteiger partial charge in [0.15, 0.2) is 0 Å². The van der Waals surface area contributed by atoms with E-state index in [9.17, 15) is 0 Å². The highest BCUT2D eigenvalue weighted by Gasteiger charge is 1.94. The lowest BCUT2D eigenvalue weighted by molar-refractivity contribution is 0.0848. The van der Waals surface area contributed by atoms with E-state index in [1.807, 2.05) is 0 Å². The minimum atomic E-state index is 0.750. The van der Waals surface area contributed by atoms with Gasteiger partial charge in [-0.3, -0.25) is 16.0 Å². The van der Waals surface area contributed by atoms with Crippen LogP contribution in [0.15, 0.2) is 0 Å². The van der Waals surface area contributed by atoms with Gasteiger partial charge in [-0.2, -0.15) is 0 Å². The molecule has 7 nitrogen and oxygen atoms in total. The molecule has 4 aliphatic rings. The fraction of sp³-hybridized carbons (Fsp3) is 1.00. The molecule has 0 aromatic rings. The van der Waals surface area contributed by atoms with Crippen molar-refractivity contribution in [1.29, 1.82) is 0 Å². The van der Waals surface area contributed by atoms with Gasteiger partial charge in [0, 0.05) is 19.8 Å². The summed E-state index contributed by atoms with van der Waals surface area (Å²) in [5.41, 5.74) is 0. The van der Waals surface area contributed by atoms with E-state index in [0.717, 1.165) is 59.6 Å². The Morgan fingerprint density at radius 2 is 0.870 bits per heavy atom. The molecule has 0 amide bonds. The fourth-order valence-corrected chi connectivity index (χ4v) is 2.17. The Bertz CT molecular complexity index is 167. The Hall–Kier alpha value is -0.280. The molecule has 0 aliphatic carbocycles. The topological polar surface area (TPSA) is 75.8 Å². The maximum Gasteiger partial charge on any atom is 0.0966 e. The SMILES string of the molecule is C1CCNC1.C1CCOCNC1.C1CNCOC1.C1COCN1. The largest absolute Gasteiger partial charge is 0.366 e. The summed E-state index contributed by atoms with van der Waals surface area (Å²) in [5.74, 6) is 0. The first-order chi connectivity index (χ1) is 11.5. The van der Waals surface area contributed by atoms with Crippen LogP contribution < -0.4 is 21.3 Å². The lowest BCUT2D eigenvalue weighted by Crippen LogP contribution is -2.26. The van der Waals surface area contributed by atoms with E-state index < -0.39 is 0 Å². The molecule has 0 unspecified atom stereocenters. The molecule has 4 rings (SSSR count). The summed E-state index contributed by atoms with van der Waals surface area (Å²) in [7, 11) is 0. The van der Waals surface area contributed by atoms with Crippen molar-refractivity contribution in [3.8, 4) is 0 Å². The molecule has 0 saturated carbocycles. The Kier molecular flexibility index (Phi) is 16.3. The predicted molar refractivity (Wildman–Crippen MR) is 92.4 cm³/mol. The summed E-state index contributed by atoms with van der Waals surface area (Å²) in [5, 5.41) is 12.4. The van der Waals surface area contributed by atoms with E-state index in [4.69, 9.17) is 14.2 Å². The highest BCUT2D eigenvalue weighted by Crippen LogP contribution is 1.91. The second-order valence-corrected chi connectivity index (χ2v) is 5.68. The molecule has 138 valence electrons. The molecule has 7 heteroatoms. The van der Waals surface area contributed by atoms with Gasteiger partial charge in [0.05, 0.1) is 26.8 Å². The molecule has 0 atom stereocenters. The third-order valence-electron chi connectivity index (χ3n) is 3.53. The normalized spacial score (nSPS) is 24.0. The molecular weight excluding hydrogens is 296 g/mol. The second-order valence-electron chi connectivity index (χ2n) is 5.68. The van der Waals surface area contributed by atoms with Crippen LogP contribution in [0.2, 0.25) is 0 Å². The van der Waals surface area contributed by atoms with Crippen LogP contribution in [-0.2, 0) is 14.2 Å². The van der Waals surface area contributed by atoms with Crippen molar-refractivity contribution in [2.24, 2.45) is 0 Å². The third-order valence-corrected chi connectivity index (χ3v) is 3.53. The number of nitrogens with one attached hydrogen (secondary N) is 4. The summed E-state index contributed by atoms with van der Waals surface area (Å²) in [4.78, 5) is 0. The molecule has 4 saturated heterocycles. The van der Waals surface area contributed by atoms with Gasteiger partial charge < -0.3 is 19.5 Å². The van der Waals surface area contributed by atoms with E-state index in [1.54, 1.807) is 0 Å². The van der Waals surface area contributed by atoms with E-state index in [-0.39, 0.29) is 0 Å². The average molecular weight is 332 g/mol. The highest BCUT2D eigenvalue weighted by molar-refractivity contribution is 4.55. The van der Waals surface area contributed by atoms with Crippen LogP contribution in [0.25, 0.3) is 0 Å². The van der Waals surface area contributed by atoms with Crippen LogP contribution in [0, 0.1) is 0 Å². The van der Waals surface area contributed by atoms with Crippen LogP contribution in [0.3, 0.4) is 0 Å². The van der Waals surface area contributed by atoms with Crippen molar-refractivity contribution in [2.45, 2.75) is 32.1 Å². The Labute approximate surface area is 141 Å². The number of hydrogen-bond donors (Lipinski definition) is 4. The zero-order valence-corrected chi connectivity index (χ0v) is 14.5. The van der Waals surface area contributed by atoms with Crippen molar-refractivity contribution in [2.75, 3.05) is 72.7 Å². The van der Waals surface area contributed by atoms with Gasteiger partial charge in [-0.25, -0.2) is 0 Å². The van der Waals surface area contributed by atoms with Crippen LogP contribution >= 0.6 is 0 Å². The molecule has 0 aromatic carbocycles. The van der Waals surface area contributed by atoms with Crippen LogP contribution in [0.1, 0.15) is 32.1 Å². The maximum atomic E-state index is 5.08. The summed E-state index contributed by atoms with van der Waals surface area (Å²) < 4.78 is 14.9. The highest BCUT2D eigenvalue weighted by atomic mass is 16.5. The summed E-state index contributed by atoms with van der Waals surface area (Å²) >= 11 is 0. The second kappa shape index (κ2) is 18.1. The molecule has 0 bridgehead atoms. The van der Waals surface area contributed by atoms with Crippen molar-refractivity contribution in [1.82, 2.24) is 21.3 Å². The summed E-state index contributed by atoms with van der Waals surface area (Å²) in [6, 6.07) is 0. The predicted octanol–water partition coefficient (Wildman–Crippen LogP) is 0.231. The molecule has 0 spiro atoms. The first-order valence-corrected chi connectivity index (χ1v) is 9.06. The summed E-state index contributed by atoms with van der Waals surface area (Å²) in [6.07, 6.45) is 6.42. The smallest absolute Gasteiger partial charge is 0.0966 e. The van der Waals surface area contributed by atoms with Gasteiger partial charge in [-0.1, -0.05) is 0 Å². The molecule has 23 heavy (non-hydrogen) atoms. The number of ether oxygens (including phenoxy) is 3. The monoisotopic (exact) mass is 332 g/mol. The Morgan fingerprint density at radius 1 is 0.391 bits per heavy atom. The lowest BCUT2D eigenvalue weighted by atomic mass is 10.3. The van der Waals surface area contributed by atoms with E-state index in [1.165, 1.54) is 45.2 Å². The van der Waals surface area contributed by atoms with Crippen molar-refractivity contribution >= 4 is 0 Å². The molecule has 4 aliphatic heterocycles. The molecular formula is C16H36N4O3. The molecule has 4 heterocycles. The summed E-state index contributed by atoms with van der Waals surface area (Å²) in [6.45, 7) is 10.8. The minimum Gasteiger partial charge on any atom is -0.366 e.